The molecule has 0 aromatic heterocycles. The van der Waals surface area contributed by atoms with Crippen LogP contribution in [0.25, 0.3) is 0 Å². The van der Waals surface area contributed by atoms with Crippen molar-refractivity contribution in [1.29, 1.82) is 0 Å². The Kier molecular flexibility index (Phi) is 3.94. The van der Waals surface area contributed by atoms with E-state index in [1.54, 1.807) is 0 Å². The highest BCUT2D eigenvalue weighted by Crippen LogP contribution is 2.75. The van der Waals surface area contributed by atoms with Gasteiger partial charge in [0.05, 0.1) is 6.61 Å². The van der Waals surface area contributed by atoms with E-state index in [1.807, 2.05) is 0 Å². The number of hydrogen-bond acceptors (Lipinski definition) is 10. The first kappa shape index (κ1) is 17.0. The van der Waals surface area contributed by atoms with Gasteiger partial charge < -0.3 is 50.0 Å². The minimum atomic E-state index is -1.68. The third kappa shape index (κ3) is 2.20. The van der Waals surface area contributed by atoms with Gasteiger partial charge in [-0.25, -0.2) is 0 Å². The van der Waals surface area contributed by atoms with E-state index in [2.05, 4.69) is 0 Å². The number of aliphatic hydroxyl groups excluding tert-OH is 7. The average Bonchev–Trinajstić information content (AvgIpc) is 3.46. The van der Waals surface area contributed by atoms with Crippen LogP contribution in [0.2, 0.25) is 0 Å². The smallest absolute Gasteiger partial charge is 0.187 e. The van der Waals surface area contributed by atoms with E-state index in [4.69, 9.17) is 19.3 Å². The molecule has 24 heavy (non-hydrogen) atoms. The van der Waals surface area contributed by atoms with Gasteiger partial charge in [-0.1, -0.05) is 0 Å². The number of ether oxygens (including phenoxy) is 3. The van der Waals surface area contributed by atoms with Crippen molar-refractivity contribution < 1.29 is 50.0 Å². The maximum absolute atomic E-state index is 10.3. The van der Waals surface area contributed by atoms with E-state index < -0.39 is 67.5 Å². The van der Waals surface area contributed by atoms with E-state index in [0.717, 1.165) is 6.42 Å². The maximum atomic E-state index is 10.3. The van der Waals surface area contributed by atoms with Crippen molar-refractivity contribution in [2.75, 3.05) is 6.61 Å². The van der Waals surface area contributed by atoms with Crippen molar-refractivity contribution in [3.8, 4) is 0 Å². The van der Waals surface area contributed by atoms with Gasteiger partial charge in [0.1, 0.15) is 48.3 Å². The van der Waals surface area contributed by atoms with Crippen LogP contribution in [0.1, 0.15) is 6.42 Å². The fourth-order valence-electron chi connectivity index (χ4n) is 3.99. The molecule has 4 fully saturated rings. The first-order valence-electron chi connectivity index (χ1n) is 8.01. The van der Waals surface area contributed by atoms with Gasteiger partial charge in [0.15, 0.2) is 12.6 Å². The molecule has 7 N–H and O–H groups in total. The molecule has 2 aliphatic heterocycles. The molecule has 0 bridgehead atoms. The Morgan fingerprint density at radius 2 is 1.58 bits per heavy atom. The summed E-state index contributed by atoms with van der Waals surface area (Å²) >= 11 is 0. The Balaban J connectivity index is 1.46. The summed E-state index contributed by atoms with van der Waals surface area (Å²) in [6, 6.07) is 0. The zero-order valence-corrected chi connectivity index (χ0v) is 12.6. The lowest BCUT2D eigenvalue weighted by Gasteiger charge is -2.46. The second-order valence-corrected chi connectivity index (χ2v) is 7.04. The summed E-state index contributed by atoms with van der Waals surface area (Å²) in [6.45, 7) is -0.633. The van der Waals surface area contributed by atoms with Crippen LogP contribution in [0.4, 0.5) is 0 Å². The average molecular weight is 350 g/mol. The van der Waals surface area contributed by atoms with Crippen molar-refractivity contribution >= 4 is 0 Å². The van der Waals surface area contributed by atoms with Gasteiger partial charge in [-0.05, 0) is 18.3 Å². The summed E-state index contributed by atoms with van der Waals surface area (Å²) < 4.78 is 15.9. The molecule has 11 unspecified atom stereocenters. The zero-order valence-electron chi connectivity index (χ0n) is 12.6. The number of rotatable bonds is 3. The lowest BCUT2D eigenvalue weighted by molar-refractivity contribution is -0.369. The summed E-state index contributed by atoms with van der Waals surface area (Å²) in [4.78, 5) is 0. The molecule has 2 saturated heterocycles. The molecular weight excluding hydrogens is 328 g/mol. The van der Waals surface area contributed by atoms with Gasteiger partial charge in [0, 0.05) is 0 Å². The molecule has 4 aliphatic rings. The van der Waals surface area contributed by atoms with Crippen LogP contribution in [-0.4, -0.2) is 103 Å². The maximum Gasteiger partial charge on any atom is 0.187 e. The first-order chi connectivity index (χ1) is 11.3. The van der Waals surface area contributed by atoms with Gasteiger partial charge in [-0.2, -0.15) is 0 Å². The van der Waals surface area contributed by atoms with Gasteiger partial charge in [0.2, 0.25) is 0 Å². The molecule has 4 rings (SSSR count). The Labute approximate surface area is 136 Å². The van der Waals surface area contributed by atoms with E-state index in [1.165, 1.54) is 0 Å². The van der Waals surface area contributed by atoms with Crippen LogP contribution in [-0.2, 0) is 14.2 Å². The highest BCUT2D eigenvalue weighted by Gasteiger charge is 2.84. The Morgan fingerprint density at radius 1 is 0.917 bits per heavy atom. The Hall–Kier alpha value is -0.400. The third-order valence-corrected chi connectivity index (χ3v) is 5.71. The van der Waals surface area contributed by atoms with E-state index >= 15 is 0 Å². The third-order valence-electron chi connectivity index (χ3n) is 5.71. The minimum Gasteiger partial charge on any atom is -0.394 e. The SMILES string of the molecule is OCC1OC(OC2C(O)OC3(C(O)C2O)C2CC23)C(O)C(O)C1O. The Morgan fingerprint density at radius 3 is 2.12 bits per heavy atom. The lowest BCUT2D eigenvalue weighted by atomic mass is 9.90. The topological polar surface area (TPSA) is 169 Å². The predicted molar refractivity (Wildman–Crippen MR) is 72.1 cm³/mol. The molecular formula is C14H22O10. The van der Waals surface area contributed by atoms with Gasteiger partial charge in [-0.3, -0.25) is 0 Å². The van der Waals surface area contributed by atoms with E-state index in [-0.39, 0.29) is 11.8 Å². The molecule has 1 spiro atoms. The molecule has 10 nitrogen and oxygen atoms in total. The predicted octanol–water partition coefficient (Wildman–Crippen LogP) is -4.37. The quantitative estimate of drug-likeness (QED) is 0.264. The molecule has 0 amide bonds. The van der Waals surface area contributed by atoms with E-state index in [9.17, 15) is 30.6 Å². The molecule has 138 valence electrons. The molecule has 0 aromatic rings. The van der Waals surface area contributed by atoms with Crippen molar-refractivity contribution in [2.45, 2.75) is 67.3 Å². The van der Waals surface area contributed by atoms with Gasteiger partial charge in [0.25, 0.3) is 0 Å². The second kappa shape index (κ2) is 5.55. The molecule has 0 aromatic carbocycles. The Bertz CT molecular complexity index is 492. The number of fused-ring (bicyclic) bond motifs is 3. The lowest BCUT2D eigenvalue weighted by Crippen LogP contribution is -2.65. The fraction of sp³-hybridized carbons (Fsp3) is 1.00. The minimum absolute atomic E-state index is 0.130. The normalized spacial score (nSPS) is 62.4. The number of aliphatic hydroxyl groups is 7. The van der Waals surface area contributed by atoms with Crippen molar-refractivity contribution in [3.63, 3.8) is 0 Å². The summed E-state index contributed by atoms with van der Waals surface area (Å²) in [5, 5.41) is 69.2. The summed E-state index contributed by atoms with van der Waals surface area (Å²) in [6.07, 6.45) is -12.4. The van der Waals surface area contributed by atoms with Crippen LogP contribution in [0.15, 0.2) is 0 Å². The summed E-state index contributed by atoms with van der Waals surface area (Å²) in [5.41, 5.74) is -0.923. The standard InChI is InChI=1S/C14H22O10/c15-2-5-6(16)7(17)8(18)13(22-5)23-10-9(19)11(20)14(24-12(10)21)3-1-4(3)14/h3-13,15-21H,1-2H2. The van der Waals surface area contributed by atoms with Gasteiger partial charge in [-0.15, -0.1) is 0 Å². The summed E-state index contributed by atoms with van der Waals surface area (Å²) in [7, 11) is 0. The first-order valence-corrected chi connectivity index (χ1v) is 8.01. The number of hydrogen-bond donors (Lipinski definition) is 7. The van der Waals surface area contributed by atoms with Crippen LogP contribution in [0.3, 0.4) is 0 Å². The van der Waals surface area contributed by atoms with Crippen molar-refractivity contribution in [1.82, 2.24) is 0 Å². The van der Waals surface area contributed by atoms with Crippen LogP contribution >= 0.6 is 0 Å². The molecule has 2 heterocycles. The van der Waals surface area contributed by atoms with Crippen molar-refractivity contribution in [3.05, 3.63) is 0 Å². The van der Waals surface area contributed by atoms with Gasteiger partial charge >= 0.3 is 0 Å². The molecule has 10 heteroatoms. The molecule has 0 radical (unpaired) electrons. The molecule has 2 saturated carbocycles. The van der Waals surface area contributed by atoms with E-state index in [0.29, 0.717) is 0 Å². The molecule has 11 atom stereocenters. The highest BCUT2D eigenvalue weighted by molar-refractivity contribution is 5.32. The highest BCUT2D eigenvalue weighted by atomic mass is 16.7. The van der Waals surface area contributed by atoms with Crippen LogP contribution in [0, 0.1) is 11.8 Å². The fourth-order valence-corrected chi connectivity index (χ4v) is 3.99. The second-order valence-electron chi connectivity index (χ2n) is 7.04. The largest absolute Gasteiger partial charge is 0.394 e. The monoisotopic (exact) mass is 350 g/mol. The van der Waals surface area contributed by atoms with Crippen LogP contribution in [0.5, 0.6) is 0 Å². The molecule has 2 aliphatic carbocycles. The van der Waals surface area contributed by atoms with Crippen molar-refractivity contribution in [2.24, 2.45) is 11.8 Å². The zero-order chi connectivity index (χ0) is 17.4. The van der Waals surface area contributed by atoms with Crippen LogP contribution < -0.4 is 0 Å². The summed E-state index contributed by atoms with van der Waals surface area (Å²) in [5.74, 6) is 0.259.